The topological polar surface area (TPSA) is 87.3 Å². The zero-order valence-corrected chi connectivity index (χ0v) is 11.0. The minimum atomic E-state index is -0.186. The fourth-order valence-corrected chi connectivity index (χ4v) is 1.80. The number of aromatic hydroxyl groups is 1. The summed E-state index contributed by atoms with van der Waals surface area (Å²) in [6, 6.07) is 9.60. The van der Waals surface area contributed by atoms with Crippen LogP contribution in [0.3, 0.4) is 0 Å². The molecular weight excluding hydrogens is 258 g/mol. The van der Waals surface area contributed by atoms with Gasteiger partial charge in [0.2, 0.25) is 5.90 Å². The minimum absolute atomic E-state index is 0.0721. The molecule has 104 valence electrons. The van der Waals surface area contributed by atoms with Crippen LogP contribution in [-0.2, 0) is 11.4 Å². The molecule has 0 saturated carbocycles. The summed E-state index contributed by atoms with van der Waals surface area (Å²) in [6.45, 7) is 0.313. The van der Waals surface area contributed by atoms with Crippen LogP contribution >= 0.6 is 0 Å². The largest absolute Gasteiger partial charge is 0.508 e. The van der Waals surface area contributed by atoms with Crippen molar-refractivity contribution < 1.29 is 9.94 Å². The Balaban J connectivity index is 2.29. The lowest BCUT2D eigenvalue weighted by molar-refractivity contribution is 0.207. The van der Waals surface area contributed by atoms with Gasteiger partial charge in [0.1, 0.15) is 5.75 Å². The Hall–Kier alpha value is -2.60. The molecule has 2 rings (SSSR count). The lowest BCUT2D eigenvalue weighted by Crippen LogP contribution is -2.22. The molecule has 0 spiro atoms. The molecule has 1 aromatic carbocycles. The van der Waals surface area contributed by atoms with E-state index >= 15 is 0 Å². The minimum Gasteiger partial charge on any atom is -0.508 e. The van der Waals surface area contributed by atoms with Crippen molar-refractivity contribution in [3.8, 4) is 5.75 Å². The summed E-state index contributed by atoms with van der Waals surface area (Å²) in [4.78, 5) is 16.7. The highest BCUT2D eigenvalue weighted by molar-refractivity contribution is 5.90. The molecule has 0 unspecified atom stereocenters. The van der Waals surface area contributed by atoms with Gasteiger partial charge in [0.05, 0.1) is 12.1 Å². The molecule has 2 aromatic rings. The van der Waals surface area contributed by atoms with Crippen molar-refractivity contribution in [1.82, 2.24) is 10.0 Å². The van der Waals surface area contributed by atoms with E-state index in [0.29, 0.717) is 12.1 Å². The van der Waals surface area contributed by atoms with E-state index in [4.69, 9.17) is 10.2 Å². The Bertz CT molecular complexity index is 679. The molecule has 0 saturated heterocycles. The van der Waals surface area contributed by atoms with Gasteiger partial charge in [-0.1, -0.05) is 12.1 Å². The Morgan fingerprint density at radius 3 is 2.90 bits per heavy atom. The third-order valence-corrected chi connectivity index (χ3v) is 2.71. The van der Waals surface area contributed by atoms with E-state index in [9.17, 15) is 9.90 Å². The van der Waals surface area contributed by atoms with Crippen molar-refractivity contribution in [2.45, 2.75) is 6.54 Å². The SMILES string of the molecule is CNOC(=N)c1ccc(=O)n(Cc2cccc(O)c2)c1. The molecule has 0 atom stereocenters. The van der Waals surface area contributed by atoms with Gasteiger partial charge in [-0.3, -0.25) is 10.2 Å². The molecule has 0 radical (unpaired) electrons. The number of hydrogen-bond acceptors (Lipinski definition) is 5. The van der Waals surface area contributed by atoms with E-state index in [-0.39, 0.29) is 17.2 Å². The molecule has 20 heavy (non-hydrogen) atoms. The van der Waals surface area contributed by atoms with Gasteiger partial charge in [-0.05, 0) is 23.8 Å². The van der Waals surface area contributed by atoms with Crippen molar-refractivity contribution in [3.05, 3.63) is 64.1 Å². The first-order valence-electron chi connectivity index (χ1n) is 6.01. The van der Waals surface area contributed by atoms with Crippen LogP contribution in [0.1, 0.15) is 11.1 Å². The molecule has 6 nitrogen and oxygen atoms in total. The lowest BCUT2D eigenvalue weighted by Gasteiger charge is -2.09. The maximum absolute atomic E-state index is 11.8. The van der Waals surface area contributed by atoms with Crippen molar-refractivity contribution in [2.75, 3.05) is 7.05 Å². The molecule has 3 N–H and O–H groups in total. The molecule has 0 fully saturated rings. The van der Waals surface area contributed by atoms with Gasteiger partial charge >= 0.3 is 0 Å². The van der Waals surface area contributed by atoms with Gasteiger partial charge in [0.15, 0.2) is 0 Å². The van der Waals surface area contributed by atoms with Crippen LogP contribution in [0.2, 0.25) is 0 Å². The van der Waals surface area contributed by atoms with E-state index in [0.717, 1.165) is 5.56 Å². The second kappa shape index (κ2) is 6.03. The van der Waals surface area contributed by atoms with Gasteiger partial charge in [-0.15, -0.1) is 0 Å². The second-order valence-corrected chi connectivity index (χ2v) is 4.19. The number of nitrogens with one attached hydrogen (secondary N) is 2. The zero-order valence-electron chi connectivity index (χ0n) is 11.0. The summed E-state index contributed by atoms with van der Waals surface area (Å²) in [6.07, 6.45) is 1.55. The van der Waals surface area contributed by atoms with E-state index in [2.05, 4.69) is 5.48 Å². The number of pyridine rings is 1. The monoisotopic (exact) mass is 273 g/mol. The van der Waals surface area contributed by atoms with E-state index in [1.165, 1.54) is 16.7 Å². The number of phenols is 1. The smallest absolute Gasteiger partial charge is 0.250 e. The summed E-state index contributed by atoms with van der Waals surface area (Å²) in [5, 5.41) is 17.1. The van der Waals surface area contributed by atoms with Crippen LogP contribution in [-0.4, -0.2) is 22.6 Å². The predicted molar refractivity (Wildman–Crippen MR) is 74.9 cm³/mol. The number of nitrogens with zero attached hydrogens (tertiary/aromatic N) is 1. The first-order chi connectivity index (χ1) is 9.60. The fourth-order valence-electron chi connectivity index (χ4n) is 1.80. The average Bonchev–Trinajstić information content (AvgIpc) is 2.41. The van der Waals surface area contributed by atoms with Gasteiger partial charge in [0.25, 0.3) is 5.56 Å². The highest BCUT2D eigenvalue weighted by atomic mass is 16.6. The molecule has 0 aliphatic carbocycles. The molecule has 1 aromatic heterocycles. The standard InChI is InChI=1S/C14H15N3O3/c1-16-20-14(15)11-5-6-13(19)17(9-11)8-10-3-2-4-12(18)7-10/h2-7,9,15-16,18H,8H2,1H3. The van der Waals surface area contributed by atoms with Crippen LogP contribution < -0.4 is 11.0 Å². The molecule has 0 aliphatic heterocycles. The van der Waals surface area contributed by atoms with E-state index in [1.54, 1.807) is 31.4 Å². The maximum Gasteiger partial charge on any atom is 0.250 e. The van der Waals surface area contributed by atoms with Crippen LogP contribution in [0.15, 0.2) is 47.4 Å². The fraction of sp³-hybridized carbons (Fsp3) is 0.143. The highest BCUT2D eigenvalue weighted by Crippen LogP contribution is 2.11. The van der Waals surface area contributed by atoms with Gasteiger partial charge in [-0.2, -0.15) is 5.48 Å². The van der Waals surface area contributed by atoms with E-state index < -0.39 is 0 Å². The van der Waals surface area contributed by atoms with E-state index in [1.807, 2.05) is 6.07 Å². The quantitative estimate of drug-likeness (QED) is 0.442. The van der Waals surface area contributed by atoms with Crippen molar-refractivity contribution in [1.29, 1.82) is 5.41 Å². The van der Waals surface area contributed by atoms with Gasteiger partial charge < -0.3 is 14.5 Å². The van der Waals surface area contributed by atoms with Crippen molar-refractivity contribution >= 4 is 5.90 Å². The Labute approximate surface area is 115 Å². The number of phenolic OH excluding ortho intramolecular Hbond substituents is 1. The Morgan fingerprint density at radius 1 is 1.40 bits per heavy atom. The number of rotatable bonds is 4. The number of aromatic nitrogens is 1. The zero-order chi connectivity index (χ0) is 14.5. The van der Waals surface area contributed by atoms with Crippen molar-refractivity contribution in [2.24, 2.45) is 0 Å². The summed E-state index contributed by atoms with van der Waals surface area (Å²) >= 11 is 0. The van der Waals surface area contributed by atoms with Crippen molar-refractivity contribution in [3.63, 3.8) is 0 Å². The number of hydrogen-bond donors (Lipinski definition) is 3. The lowest BCUT2D eigenvalue weighted by atomic mass is 10.2. The van der Waals surface area contributed by atoms with Crippen LogP contribution in [0, 0.1) is 5.41 Å². The molecular formula is C14H15N3O3. The van der Waals surface area contributed by atoms with Gasteiger partial charge in [-0.25, -0.2) is 0 Å². The molecule has 0 aliphatic rings. The van der Waals surface area contributed by atoms with Gasteiger partial charge in [0, 0.05) is 19.3 Å². The second-order valence-electron chi connectivity index (χ2n) is 4.19. The predicted octanol–water partition coefficient (Wildman–Crippen LogP) is 1.08. The maximum atomic E-state index is 11.8. The summed E-state index contributed by atoms with van der Waals surface area (Å²) < 4.78 is 1.46. The molecule has 1 heterocycles. The van der Waals surface area contributed by atoms with Crippen LogP contribution in [0.4, 0.5) is 0 Å². The highest BCUT2D eigenvalue weighted by Gasteiger charge is 2.06. The normalized spacial score (nSPS) is 10.2. The summed E-state index contributed by atoms with van der Waals surface area (Å²) in [5.74, 6) is 0.0788. The van der Waals surface area contributed by atoms with Crippen LogP contribution in [0.25, 0.3) is 0 Å². The first kappa shape index (κ1) is 13.8. The Kier molecular flexibility index (Phi) is 4.17. The number of benzene rings is 1. The molecule has 6 heteroatoms. The third kappa shape index (κ3) is 3.24. The molecule has 0 bridgehead atoms. The average molecular weight is 273 g/mol. The third-order valence-electron chi connectivity index (χ3n) is 2.71. The first-order valence-corrected chi connectivity index (χ1v) is 6.01. The van der Waals surface area contributed by atoms with Crippen LogP contribution in [0.5, 0.6) is 5.75 Å². The number of hydroxylamine groups is 1. The summed E-state index contributed by atoms with van der Waals surface area (Å²) in [7, 11) is 1.55. The molecule has 0 amide bonds. The Morgan fingerprint density at radius 2 is 2.20 bits per heavy atom. The summed E-state index contributed by atoms with van der Waals surface area (Å²) in [5.41, 5.74) is 3.51.